The van der Waals surface area contributed by atoms with E-state index < -0.39 is 0 Å². The summed E-state index contributed by atoms with van der Waals surface area (Å²) in [6.45, 7) is 4.61. The van der Waals surface area contributed by atoms with Crippen LogP contribution in [0.5, 0.6) is 5.75 Å². The van der Waals surface area contributed by atoms with Gasteiger partial charge in [0.05, 0.1) is 5.69 Å². The van der Waals surface area contributed by atoms with E-state index in [1.54, 1.807) is 0 Å². The molecule has 3 rings (SSSR count). The first-order valence-electron chi connectivity index (χ1n) is 7.36. The van der Waals surface area contributed by atoms with Crippen molar-refractivity contribution in [3.63, 3.8) is 0 Å². The molecule has 4 heteroatoms. The molecule has 0 spiro atoms. The standard InChI is InChI=1S/C18H19NO3/c1-12-3-5-14(6-4-12)11-21-17-8-7-15-16(9-10-20)19-22-18(15)13(17)2/h3-8,20H,9-11H2,1-2H3. The molecule has 0 fully saturated rings. The van der Waals surface area contributed by atoms with Crippen molar-refractivity contribution in [2.45, 2.75) is 26.9 Å². The lowest BCUT2D eigenvalue weighted by molar-refractivity contribution is 0.295. The van der Waals surface area contributed by atoms with Crippen molar-refractivity contribution in [1.29, 1.82) is 0 Å². The van der Waals surface area contributed by atoms with Crippen LogP contribution in [-0.2, 0) is 13.0 Å². The normalized spacial score (nSPS) is 11.0. The Hall–Kier alpha value is -2.33. The zero-order chi connectivity index (χ0) is 15.5. The lowest BCUT2D eigenvalue weighted by atomic mass is 10.1. The van der Waals surface area contributed by atoms with Gasteiger partial charge >= 0.3 is 0 Å². The van der Waals surface area contributed by atoms with Gasteiger partial charge in [-0.05, 0) is 31.5 Å². The van der Waals surface area contributed by atoms with Crippen LogP contribution in [0.2, 0.25) is 0 Å². The topological polar surface area (TPSA) is 55.5 Å². The average Bonchev–Trinajstić information content (AvgIpc) is 2.93. The molecular formula is C18H19NO3. The Kier molecular flexibility index (Phi) is 4.11. The summed E-state index contributed by atoms with van der Waals surface area (Å²) < 4.78 is 11.3. The molecule has 0 amide bonds. The third kappa shape index (κ3) is 2.83. The highest BCUT2D eigenvalue weighted by Gasteiger charge is 2.13. The number of aliphatic hydroxyl groups excluding tert-OH is 1. The Morgan fingerprint density at radius 3 is 2.59 bits per heavy atom. The molecular weight excluding hydrogens is 278 g/mol. The predicted octanol–water partition coefficient (Wildman–Crippen LogP) is 3.56. The van der Waals surface area contributed by atoms with Crippen LogP contribution in [-0.4, -0.2) is 16.9 Å². The van der Waals surface area contributed by atoms with Gasteiger partial charge in [0, 0.05) is 24.0 Å². The summed E-state index contributed by atoms with van der Waals surface area (Å²) in [7, 11) is 0. The molecule has 22 heavy (non-hydrogen) atoms. The third-order valence-electron chi connectivity index (χ3n) is 3.78. The second-order valence-corrected chi connectivity index (χ2v) is 5.44. The van der Waals surface area contributed by atoms with Crippen LogP contribution in [0.3, 0.4) is 0 Å². The van der Waals surface area contributed by atoms with Crippen molar-refractivity contribution in [2.75, 3.05) is 6.61 Å². The maximum absolute atomic E-state index is 9.04. The van der Waals surface area contributed by atoms with E-state index in [4.69, 9.17) is 14.4 Å². The van der Waals surface area contributed by atoms with Crippen molar-refractivity contribution in [2.24, 2.45) is 0 Å². The number of rotatable bonds is 5. The highest BCUT2D eigenvalue weighted by atomic mass is 16.5. The number of aryl methyl sites for hydroxylation is 2. The van der Waals surface area contributed by atoms with E-state index in [9.17, 15) is 0 Å². The molecule has 1 heterocycles. The van der Waals surface area contributed by atoms with Crippen molar-refractivity contribution in [3.8, 4) is 5.75 Å². The van der Waals surface area contributed by atoms with Gasteiger partial charge < -0.3 is 14.4 Å². The van der Waals surface area contributed by atoms with Crippen molar-refractivity contribution in [3.05, 3.63) is 58.8 Å². The van der Waals surface area contributed by atoms with Gasteiger partial charge in [0.1, 0.15) is 12.4 Å². The molecule has 3 aromatic rings. The smallest absolute Gasteiger partial charge is 0.173 e. The van der Waals surface area contributed by atoms with Gasteiger partial charge in [0.25, 0.3) is 0 Å². The number of ether oxygens (including phenoxy) is 1. The molecule has 2 aromatic carbocycles. The van der Waals surface area contributed by atoms with Crippen LogP contribution in [0.1, 0.15) is 22.4 Å². The van der Waals surface area contributed by atoms with Gasteiger partial charge in [-0.3, -0.25) is 0 Å². The summed E-state index contributed by atoms with van der Waals surface area (Å²) >= 11 is 0. The molecule has 114 valence electrons. The zero-order valence-electron chi connectivity index (χ0n) is 12.8. The fourth-order valence-corrected chi connectivity index (χ4v) is 2.46. The van der Waals surface area contributed by atoms with Gasteiger partial charge in [-0.1, -0.05) is 35.0 Å². The average molecular weight is 297 g/mol. The lowest BCUT2D eigenvalue weighted by Crippen LogP contribution is -1.97. The van der Waals surface area contributed by atoms with Crippen LogP contribution in [0.15, 0.2) is 40.9 Å². The second-order valence-electron chi connectivity index (χ2n) is 5.44. The molecule has 0 saturated carbocycles. The minimum Gasteiger partial charge on any atom is -0.488 e. The fraction of sp³-hybridized carbons (Fsp3) is 0.278. The highest BCUT2D eigenvalue weighted by molar-refractivity contribution is 5.84. The molecule has 1 N–H and O–H groups in total. The van der Waals surface area contributed by atoms with E-state index in [-0.39, 0.29) is 6.61 Å². The predicted molar refractivity (Wildman–Crippen MR) is 85.0 cm³/mol. The summed E-state index contributed by atoms with van der Waals surface area (Å²) in [5.41, 5.74) is 4.81. The maximum Gasteiger partial charge on any atom is 0.173 e. The summed E-state index contributed by atoms with van der Waals surface area (Å²) in [6, 6.07) is 12.2. The third-order valence-corrected chi connectivity index (χ3v) is 3.78. The first kappa shape index (κ1) is 14.6. The van der Waals surface area contributed by atoms with Gasteiger partial charge in [0.15, 0.2) is 5.58 Å². The first-order chi connectivity index (χ1) is 10.7. The Balaban J connectivity index is 1.82. The van der Waals surface area contributed by atoms with Crippen LogP contribution >= 0.6 is 0 Å². The van der Waals surface area contributed by atoms with E-state index in [0.717, 1.165) is 33.5 Å². The Morgan fingerprint density at radius 2 is 1.86 bits per heavy atom. The molecule has 0 bridgehead atoms. The van der Waals surface area contributed by atoms with Gasteiger partial charge in [-0.15, -0.1) is 0 Å². The first-order valence-corrected chi connectivity index (χ1v) is 7.36. The Morgan fingerprint density at radius 1 is 1.09 bits per heavy atom. The van der Waals surface area contributed by atoms with Crippen molar-refractivity contribution >= 4 is 11.0 Å². The molecule has 0 radical (unpaired) electrons. The highest BCUT2D eigenvalue weighted by Crippen LogP contribution is 2.30. The molecule has 0 atom stereocenters. The monoisotopic (exact) mass is 297 g/mol. The SMILES string of the molecule is Cc1ccc(COc2ccc3c(CCO)noc3c2C)cc1. The quantitative estimate of drug-likeness (QED) is 0.782. The van der Waals surface area contributed by atoms with Gasteiger partial charge in [0.2, 0.25) is 0 Å². The number of hydrogen-bond acceptors (Lipinski definition) is 4. The summed E-state index contributed by atoms with van der Waals surface area (Å²) in [5.74, 6) is 0.791. The number of nitrogens with zero attached hydrogens (tertiary/aromatic N) is 1. The molecule has 0 aliphatic heterocycles. The molecule has 0 saturated heterocycles. The summed E-state index contributed by atoms with van der Waals surface area (Å²) in [4.78, 5) is 0. The Bertz CT molecular complexity index is 775. The number of aliphatic hydroxyl groups is 1. The van der Waals surface area contributed by atoms with Crippen LogP contribution in [0.25, 0.3) is 11.0 Å². The zero-order valence-corrected chi connectivity index (χ0v) is 12.8. The van der Waals surface area contributed by atoms with E-state index in [2.05, 4.69) is 36.3 Å². The van der Waals surface area contributed by atoms with E-state index in [0.29, 0.717) is 13.0 Å². The Labute approximate surface area is 129 Å². The maximum atomic E-state index is 9.04. The molecule has 0 unspecified atom stereocenters. The van der Waals surface area contributed by atoms with Gasteiger partial charge in [-0.25, -0.2) is 0 Å². The fourth-order valence-electron chi connectivity index (χ4n) is 2.46. The van der Waals surface area contributed by atoms with E-state index in [1.807, 2.05) is 19.1 Å². The second kappa shape index (κ2) is 6.20. The molecule has 1 aromatic heterocycles. The minimum atomic E-state index is 0.0619. The van der Waals surface area contributed by atoms with Crippen molar-refractivity contribution < 1.29 is 14.4 Å². The molecule has 0 aliphatic carbocycles. The van der Waals surface area contributed by atoms with Crippen molar-refractivity contribution in [1.82, 2.24) is 5.16 Å². The molecule has 0 aliphatic rings. The summed E-state index contributed by atoms with van der Waals surface area (Å²) in [6.07, 6.45) is 0.496. The number of hydrogen-bond donors (Lipinski definition) is 1. The number of aromatic nitrogens is 1. The van der Waals surface area contributed by atoms with Crippen LogP contribution in [0.4, 0.5) is 0 Å². The minimum absolute atomic E-state index is 0.0619. The molecule has 4 nitrogen and oxygen atoms in total. The van der Waals surface area contributed by atoms with Crippen LogP contribution < -0.4 is 4.74 Å². The number of benzene rings is 2. The largest absolute Gasteiger partial charge is 0.488 e. The number of fused-ring (bicyclic) bond motifs is 1. The van der Waals surface area contributed by atoms with E-state index >= 15 is 0 Å². The van der Waals surface area contributed by atoms with Crippen LogP contribution in [0, 0.1) is 13.8 Å². The van der Waals surface area contributed by atoms with E-state index in [1.165, 1.54) is 5.56 Å². The van der Waals surface area contributed by atoms with Gasteiger partial charge in [-0.2, -0.15) is 0 Å². The lowest BCUT2D eigenvalue weighted by Gasteiger charge is -2.09. The summed E-state index contributed by atoms with van der Waals surface area (Å²) in [5, 5.41) is 14.0.